The van der Waals surface area contributed by atoms with Crippen LogP contribution < -0.4 is 0 Å². The van der Waals surface area contributed by atoms with Crippen LogP contribution in [0.25, 0.3) is 0 Å². The minimum Gasteiger partial charge on any atom is -0.469 e. The van der Waals surface area contributed by atoms with E-state index in [1.165, 1.54) is 19.1 Å². The maximum absolute atomic E-state index is 11.2. The lowest BCUT2D eigenvalue weighted by Crippen LogP contribution is -2.32. The molecule has 1 aliphatic heterocycles. The lowest BCUT2D eigenvalue weighted by Gasteiger charge is -2.29. The fourth-order valence-corrected chi connectivity index (χ4v) is 4.63. The largest absolute Gasteiger partial charge is 0.469 e. The van der Waals surface area contributed by atoms with Gasteiger partial charge in [0.2, 0.25) is 0 Å². The van der Waals surface area contributed by atoms with Crippen molar-refractivity contribution in [1.29, 1.82) is 0 Å². The van der Waals surface area contributed by atoms with E-state index in [-0.39, 0.29) is 30.9 Å². The number of esters is 1. The highest BCUT2D eigenvalue weighted by atomic mass is 16.7. The molecule has 0 radical (unpaired) electrons. The van der Waals surface area contributed by atoms with Crippen LogP contribution in [0.1, 0.15) is 51.4 Å². The predicted octanol–water partition coefficient (Wildman–Crippen LogP) is 2.82. The first-order valence-electron chi connectivity index (χ1n) is 9.34. The summed E-state index contributed by atoms with van der Waals surface area (Å²) in [4.78, 5) is 11.2. The van der Waals surface area contributed by atoms with E-state index in [1.54, 1.807) is 0 Å². The summed E-state index contributed by atoms with van der Waals surface area (Å²) in [5.74, 6) is 1.17. The summed E-state index contributed by atoms with van der Waals surface area (Å²) in [5.41, 5.74) is 1.43. The van der Waals surface area contributed by atoms with Crippen LogP contribution >= 0.6 is 0 Å². The van der Waals surface area contributed by atoms with Crippen molar-refractivity contribution in [2.75, 3.05) is 20.3 Å². The number of rotatable bonds is 6. The second-order valence-corrected chi connectivity index (χ2v) is 7.36. The molecular formula is C19H30O5. The van der Waals surface area contributed by atoms with Gasteiger partial charge in [0.1, 0.15) is 0 Å². The van der Waals surface area contributed by atoms with E-state index in [0.717, 1.165) is 45.1 Å². The van der Waals surface area contributed by atoms with E-state index >= 15 is 0 Å². The van der Waals surface area contributed by atoms with Gasteiger partial charge in [-0.2, -0.15) is 0 Å². The van der Waals surface area contributed by atoms with E-state index in [9.17, 15) is 9.90 Å². The molecule has 0 spiro atoms. The average Bonchev–Trinajstić information content (AvgIpc) is 3.12. The highest BCUT2D eigenvalue weighted by molar-refractivity contribution is 5.69. The maximum Gasteiger partial charge on any atom is 0.305 e. The van der Waals surface area contributed by atoms with Crippen molar-refractivity contribution in [2.24, 2.45) is 17.8 Å². The van der Waals surface area contributed by atoms with Gasteiger partial charge in [-0.05, 0) is 56.8 Å². The van der Waals surface area contributed by atoms with Gasteiger partial charge in [-0.3, -0.25) is 4.79 Å². The third kappa shape index (κ3) is 4.19. The van der Waals surface area contributed by atoms with Gasteiger partial charge in [-0.25, -0.2) is 0 Å². The van der Waals surface area contributed by atoms with Gasteiger partial charge in [0.15, 0.2) is 6.29 Å². The fourth-order valence-electron chi connectivity index (χ4n) is 4.63. The Morgan fingerprint density at radius 2 is 2.25 bits per heavy atom. The van der Waals surface area contributed by atoms with Gasteiger partial charge in [-0.1, -0.05) is 11.6 Å². The molecule has 3 aliphatic rings. The summed E-state index contributed by atoms with van der Waals surface area (Å²) in [6.45, 7) is 0.981. The molecule has 3 rings (SSSR count). The zero-order chi connectivity index (χ0) is 16.9. The number of aliphatic hydroxyl groups is 1. The van der Waals surface area contributed by atoms with Crippen molar-refractivity contribution >= 4 is 5.97 Å². The molecule has 0 aromatic rings. The molecule has 5 atom stereocenters. The van der Waals surface area contributed by atoms with Gasteiger partial charge in [0, 0.05) is 25.6 Å². The van der Waals surface area contributed by atoms with Gasteiger partial charge < -0.3 is 19.3 Å². The summed E-state index contributed by atoms with van der Waals surface area (Å²) in [6.07, 6.45) is 9.84. The number of fused-ring (bicyclic) bond motifs is 1. The number of aliphatic hydroxyl groups excluding tert-OH is 1. The van der Waals surface area contributed by atoms with Crippen LogP contribution in [0.15, 0.2) is 11.6 Å². The Kier molecular flexibility index (Phi) is 6.31. The van der Waals surface area contributed by atoms with Crippen LogP contribution in [-0.2, 0) is 19.0 Å². The molecule has 136 valence electrons. The number of carbonyl (C=O) groups excluding carboxylic acids is 1. The maximum atomic E-state index is 11.2. The zero-order valence-corrected chi connectivity index (χ0v) is 14.6. The molecule has 0 aromatic heterocycles. The van der Waals surface area contributed by atoms with Crippen molar-refractivity contribution < 1.29 is 24.1 Å². The Hall–Kier alpha value is -0.910. The summed E-state index contributed by atoms with van der Waals surface area (Å²) in [7, 11) is 1.43. The Morgan fingerprint density at radius 3 is 2.96 bits per heavy atom. The summed E-state index contributed by atoms with van der Waals surface area (Å²) in [6, 6.07) is 0. The fraction of sp³-hybridized carbons (Fsp3) is 0.842. The minimum atomic E-state index is -0.153. The number of hydrogen-bond donors (Lipinski definition) is 1. The standard InChI is InChI=1S/C19H30O5/c1-22-18(21)6-4-5-13-9-14-11-17(16(12-20)15(14)10-13)24-19-7-2-3-8-23-19/h5,14-17,19-20H,2-4,6-12H2,1H3/b13-5+/t14-,15-,16+,17+,19?/m0/s1. The molecule has 24 heavy (non-hydrogen) atoms. The molecule has 5 nitrogen and oxygen atoms in total. The van der Waals surface area contributed by atoms with Gasteiger partial charge in [0.25, 0.3) is 0 Å². The van der Waals surface area contributed by atoms with Crippen molar-refractivity contribution in [3.8, 4) is 0 Å². The third-order valence-electron chi connectivity index (χ3n) is 5.87. The number of carbonyl (C=O) groups is 1. The van der Waals surface area contributed by atoms with E-state index < -0.39 is 0 Å². The zero-order valence-electron chi connectivity index (χ0n) is 14.6. The number of ether oxygens (including phenoxy) is 3. The monoisotopic (exact) mass is 338 g/mol. The molecule has 5 heteroatoms. The Labute approximate surface area is 144 Å². The van der Waals surface area contributed by atoms with Crippen molar-refractivity contribution in [1.82, 2.24) is 0 Å². The summed E-state index contributed by atoms with van der Waals surface area (Å²) < 4.78 is 16.6. The van der Waals surface area contributed by atoms with Crippen molar-refractivity contribution in [3.63, 3.8) is 0 Å². The van der Waals surface area contributed by atoms with Crippen LogP contribution in [0.5, 0.6) is 0 Å². The molecule has 0 amide bonds. The first-order chi connectivity index (χ1) is 11.7. The summed E-state index contributed by atoms with van der Waals surface area (Å²) in [5, 5.41) is 9.88. The molecule has 2 saturated carbocycles. The quantitative estimate of drug-likeness (QED) is 0.596. The number of allylic oxidation sites excluding steroid dienone is 2. The molecule has 1 unspecified atom stereocenters. The van der Waals surface area contributed by atoms with E-state index in [4.69, 9.17) is 9.47 Å². The smallest absolute Gasteiger partial charge is 0.305 e. The second-order valence-electron chi connectivity index (χ2n) is 7.36. The van der Waals surface area contributed by atoms with Gasteiger partial charge in [-0.15, -0.1) is 0 Å². The highest BCUT2D eigenvalue weighted by Crippen LogP contribution is 2.51. The predicted molar refractivity (Wildman–Crippen MR) is 89.2 cm³/mol. The van der Waals surface area contributed by atoms with E-state index in [1.807, 2.05) is 0 Å². The molecule has 1 heterocycles. The Balaban J connectivity index is 1.51. The lowest BCUT2D eigenvalue weighted by molar-refractivity contribution is -0.198. The molecule has 1 saturated heterocycles. The molecule has 0 aromatic carbocycles. The highest BCUT2D eigenvalue weighted by Gasteiger charge is 2.47. The van der Waals surface area contributed by atoms with Crippen molar-refractivity contribution in [2.45, 2.75) is 63.8 Å². The molecule has 0 bridgehead atoms. The van der Waals surface area contributed by atoms with Crippen LogP contribution in [0.2, 0.25) is 0 Å². The Morgan fingerprint density at radius 1 is 1.38 bits per heavy atom. The first-order valence-corrected chi connectivity index (χ1v) is 9.34. The van der Waals surface area contributed by atoms with Crippen LogP contribution in [0.3, 0.4) is 0 Å². The SMILES string of the molecule is COC(=O)CC/C=C1\C[C@H]2C[C@@H](OC3CCCCO3)[C@H](CO)[C@H]2C1. The third-order valence-corrected chi connectivity index (χ3v) is 5.87. The van der Waals surface area contributed by atoms with Crippen LogP contribution in [-0.4, -0.2) is 43.8 Å². The summed E-state index contributed by atoms with van der Waals surface area (Å²) >= 11 is 0. The van der Waals surface area contributed by atoms with Crippen LogP contribution in [0, 0.1) is 17.8 Å². The number of hydrogen-bond acceptors (Lipinski definition) is 5. The first kappa shape index (κ1) is 17.9. The molecule has 1 N–H and O–H groups in total. The Bertz CT molecular complexity index is 455. The lowest BCUT2D eigenvalue weighted by atomic mass is 9.92. The van der Waals surface area contributed by atoms with Gasteiger partial charge >= 0.3 is 5.97 Å². The van der Waals surface area contributed by atoms with E-state index in [0.29, 0.717) is 18.3 Å². The van der Waals surface area contributed by atoms with Crippen LogP contribution in [0.4, 0.5) is 0 Å². The normalized spacial score (nSPS) is 37.6. The second kappa shape index (κ2) is 8.45. The molecular weight excluding hydrogens is 308 g/mol. The van der Waals surface area contributed by atoms with E-state index in [2.05, 4.69) is 10.8 Å². The topological polar surface area (TPSA) is 65.0 Å². The molecule has 2 aliphatic carbocycles. The van der Waals surface area contributed by atoms with Crippen molar-refractivity contribution in [3.05, 3.63) is 11.6 Å². The number of methoxy groups -OCH3 is 1. The molecule has 3 fully saturated rings. The average molecular weight is 338 g/mol. The van der Waals surface area contributed by atoms with Gasteiger partial charge in [0.05, 0.1) is 13.2 Å². The minimum absolute atomic E-state index is 0.0771.